The molecule has 16 heavy (non-hydrogen) atoms. The zero-order chi connectivity index (χ0) is 12.1. The van der Waals surface area contributed by atoms with Gasteiger partial charge in [-0.3, -0.25) is 19.8 Å². The molecule has 6 heteroatoms. The number of nitro benzene ring substituents is 1. The van der Waals surface area contributed by atoms with E-state index in [4.69, 9.17) is 5.11 Å². The number of benzene rings is 1. The molecule has 0 atom stereocenters. The molecule has 0 radical (unpaired) electrons. The second-order valence-corrected chi connectivity index (χ2v) is 3.45. The van der Waals surface area contributed by atoms with E-state index in [1.807, 2.05) is 0 Å². The average Bonchev–Trinajstić information content (AvgIpc) is 2.16. The number of carboxylic acids is 1. The van der Waals surface area contributed by atoms with Crippen molar-refractivity contribution >= 4 is 11.7 Å². The first-order valence-corrected chi connectivity index (χ1v) is 4.63. The van der Waals surface area contributed by atoms with E-state index in [2.05, 4.69) is 0 Å². The number of rotatable bonds is 5. The van der Waals surface area contributed by atoms with E-state index in [1.165, 1.54) is 11.0 Å². The minimum atomic E-state index is -0.957. The average molecular weight is 224 g/mol. The van der Waals surface area contributed by atoms with Gasteiger partial charge in [-0.1, -0.05) is 18.2 Å². The highest BCUT2D eigenvalue weighted by Gasteiger charge is 2.14. The van der Waals surface area contributed by atoms with Gasteiger partial charge in [0.05, 0.1) is 11.5 Å². The smallest absolute Gasteiger partial charge is 0.317 e. The Hall–Kier alpha value is -1.95. The molecule has 1 aromatic rings. The first-order valence-electron chi connectivity index (χ1n) is 4.63. The van der Waals surface area contributed by atoms with E-state index in [0.717, 1.165) is 0 Å². The highest BCUT2D eigenvalue weighted by atomic mass is 16.6. The summed E-state index contributed by atoms with van der Waals surface area (Å²) in [6, 6.07) is 6.30. The second kappa shape index (κ2) is 5.22. The van der Waals surface area contributed by atoms with Crippen molar-refractivity contribution in [2.24, 2.45) is 0 Å². The third kappa shape index (κ3) is 3.32. The van der Waals surface area contributed by atoms with E-state index in [-0.39, 0.29) is 18.8 Å². The molecule has 6 nitrogen and oxygen atoms in total. The SMILES string of the molecule is CN(CC(=O)O)Cc1ccccc1[N+](=O)[O-]. The van der Waals surface area contributed by atoms with Crippen molar-refractivity contribution in [1.29, 1.82) is 0 Å². The molecule has 0 unspecified atom stereocenters. The van der Waals surface area contributed by atoms with Crippen LogP contribution in [0.5, 0.6) is 0 Å². The number of hydrogen-bond donors (Lipinski definition) is 1. The lowest BCUT2D eigenvalue weighted by atomic mass is 10.1. The maximum Gasteiger partial charge on any atom is 0.317 e. The molecular formula is C10H12N2O4. The first-order chi connectivity index (χ1) is 7.50. The Balaban J connectivity index is 2.80. The number of carboxylic acid groups (broad SMARTS) is 1. The summed E-state index contributed by atoms with van der Waals surface area (Å²) >= 11 is 0. The lowest BCUT2D eigenvalue weighted by Crippen LogP contribution is -2.25. The minimum Gasteiger partial charge on any atom is -0.480 e. The molecule has 0 heterocycles. The van der Waals surface area contributed by atoms with Crippen LogP contribution in [-0.2, 0) is 11.3 Å². The highest BCUT2D eigenvalue weighted by molar-refractivity contribution is 5.69. The number of hydrogen-bond acceptors (Lipinski definition) is 4. The molecule has 0 amide bonds. The van der Waals surface area contributed by atoms with Crippen molar-refractivity contribution in [1.82, 2.24) is 4.90 Å². The maximum absolute atomic E-state index is 10.7. The van der Waals surface area contributed by atoms with Gasteiger partial charge in [0.15, 0.2) is 0 Å². The number of nitro groups is 1. The molecule has 0 fully saturated rings. The summed E-state index contributed by atoms with van der Waals surface area (Å²) in [5.74, 6) is -0.957. The van der Waals surface area contributed by atoms with Crippen LogP contribution in [0, 0.1) is 10.1 Å². The summed E-state index contributed by atoms with van der Waals surface area (Å²) in [5.41, 5.74) is 0.524. The van der Waals surface area contributed by atoms with Crippen molar-refractivity contribution < 1.29 is 14.8 Å². The van der Waals surface area contributed by atoms with E-state index in [1.54, 1.807) is 25.2 Å². The van der Waals surface area contributed by atoms with Crippen molar-refractivity contribution in [3.63, 3.8) is 0 Å². The Bertz CT molecular complexity index is 406. The maximum atomic E-state index is 10.7. The normalized spacial score (nSPS) is 10.4. The highest BCUT2D eigenvalue weighted by Crippen LogP contribution is 2.18. The Morgan fingerprint density at radius 3 is 2.69 bits per heavy atom. The minimum absolute atomic E-state index is 0.0136. The Morgan fingerprint density at radius 1 is 1.50 bits per heavy atom. The van der Waals surface area contributed by atoms with Gasteiger partial charge in [-0.25, -0.2) is 0 Å². The van der Waals surface area contributed by atoms with Gasteiger partial charge in [-0.15, -0.1) is 0 Å². The molecule has 1 rings (SSSR count). The van der Waals surface area contributed by atoms with Crippen LogP contribution >= 0.6 is 0 Å². The number of likely N-dealkylation sites (N-methyl/N-ethyl adjacent to an activating group) is 1. The van der Waals surface area contributed by atoms with Crippen LogP contribution in [0.25, 0.3) is 0 Å². The number of aliphatic carboxylic acids is 1. The molecular weight excluding hydrogens is 212 g/mol. The molecule has 0 spiro atoms. The van der Waals surface area contributed by atoms with E-state index in [9.17, 15) is 14.9 Å². The van der Waals surface area contributed by atoms with Gasteiger partial charge in [0.2, 0.25) is 0 Å². The van der Waals surface area contributed by atoms with Crippen LogP contribution in [-0.4, -0.2) is 34.5 Å². The largest absolute Gasteiger partial charge is 0.480 e. The Labute approximate surface area is 92.3 Å². The van der Waals surface area contributed by atoms with Crippen molar-refractivity contribution in [3.8, 4) is 0 Å². The van der Waals surface area contributed by atoms with E-state index in [0.29, 0.717) is 5.56 Å². The van der Waals surface area contributed by atoms with Crippen molar-refractivity contribution in [2.45, 2.75) is 6.54 Å². The summed E-state index contributed by atoms with van der Waals surface area (Å²) in [6.45, 7) is 0.0928. The first kappa shape index (κ1) is 12.1. The standard InChI is InChI=1S/C10H12N2O4/c1-11(7-10(13)14)6-8-4-2-3-5-9(8)12(15)16/h2-5H,6-7H2,1H3,(H,13,14). The zero-order valence-electron chi connectivity index (χ0n) is 8.79. The topological polar surface area (TPSA) is 83.7 Å². The molecule has 1 N–H and O–H groups in total. The molecule has 0 bridgehead atoms. The molecule has 1 aromatic carbocycles. The molecule has 0 aliphatic carbocycles. The van der Waals surface area contributed by atoms with Gasteiger partial charge >= 0.3 is 5.97 Å². The van der Waals surface area contributed by atoms with Crippen LogP contribution in [0.2, 0.25) is 0 Å². The summed E-state index contributed by atoms with van der Waals surface area (Å²) in [7, 11) is 1.60. The van der Waals surface area contributed by atoms with E-state index >= 15 is 0 Å². The quantitative estimate of drug-likeness (QED) is 0.598. The Kier molecular flexibility index (Phi) is 3.96. The summed E-state index contributed by atoms with van der Waals surface area (Å²) in [5, 5.41) is 19.3. The van der Waals surface area contributed by atoms with Crippen LogP contribution in [0.1, 0.15) is 5.56 Å². The van der Waals surface area contributed by atoms with Gasteiger partial charge < -0.3 is 5.11 Å². The lowest BCUT2D eigenvalue weighted by Gasteiger charge is -2.13. The summed E-state index contributed by atoms with van der Waals surface area (Å²) < 4.78 is 0. The Morgan fingerprint density at radius 2 is 2.12 bits per heavy atom. The number of para-hydroxylation sites is 1. The van der Waals surface area contributed by atoms with Crippen LogP contribution in [0.3, 0.4) is 0 Å². The predicted octanol–water partition coefficient (Wildman–Crippen LogP) is 1.11. The van der Waals surface area contributed by atoms with Gasteiger partial charge in [-0.2, -0.15) is 0 Å². The second-order valence-electron chi connectivity index (χ2n) is 3.45. The molecule has 86 valence electrons. The van der Waals surface area contributed by atoms with Crippen molar-refractivity contribution in [3.05, 3.63) is 39.9 Å². The molecule has 0 aliphatic heterocycles. The molecule has 0 saturated carbocycles. The summed E-state index contributed by atoms with van der Waals surface area (Å²) in [4.78, 5) is 22.2. The van der Waals surface area contributed by atoms with Crippen LogP contribution in [0.4, 0.5) is 5.69 Å². The summed E-state index contributed by atoms with van der Waals surface area (Å²) in [6.07, 6.45) is 0. The third-order valence-corrected chi connectivity index (χ3v) is 2.03. The fraction of sp³-hybridized carbons (Fsp3) is 0.300. The number of carbonyl (C=O) groups is 1. The van der Waals surface area contributed by atoms with Gasteiger partial charge in [0.1, 0.15) is 0 Å². The van der Waals surface area contributed by atoms with Crippen LogP contribution < -0.4 is 0 Å². The predicted molar refractivity (Wildman–Crippen MR) is 57.1 cm³/mol. The van der Waals surface area contributed by atoms with Gasteiger partial charge in [0.25, 0.3) is 5.69 Å². The fourth-order valence-corrected chi connectivity index (χ4v) is 1.40. The monoisotopic (exact) mass is 224 g/mol. The van der Waals surface area contributed by atoms with Gasteiger partial charge in [0, 0.05) is 18.2 Å². The molecule has 0 aliphatic rings. The van der Waals surface area contributed by atoms with Crippen LogP contribution in [0.15, 0.2) is 24.3 Å². The molecule has 0 saturated heterocycles. The molecule has 0 aromatic heterocycles. The van der Waals surface area contributed by atoms with E-state index < -0.39 is 10.9 Å². The fourth-order valence-electron chi connectivity index (χ4n) is 1.40. The third-order valence-electron chi connectivity index (χ3n) is 2.03. The number of nitrogens with zero attached hydrogens (tertiary/aromatic N) is 2. The lowest BCUT2D eigenvalue weighted by molar-refractivity contribution is -0.385. The van der Waals surface area contributed by atoms with Crippen molar-refractivity contribution in [2.75, 3.05) is 13.6 Å². The zero-order valence-corrected chi connectivity index (χ0v) is 8.79. The van der Waals surface area contributed by atoms with Gasteiger partial charge in [-0.05, 0) is 7.05 Å².